The van der Waals surface area contributed by atoms with E-state index in [1.807, 2.05) is 6.92 Å². The number of aromatic nitrogens is 2. The normalized spacial score (nSPS) is 10.2. The zero-order chi connectivity index (χ0) is 17.4. The van der Waals surface area contributed by atoms with Crippen LogP contribution in [0.1, 0.15) is 35.1 Å². The SMILES string of the molecule is CCCC(=O)Nc1nnc(CCNC(=O)c2cccc(OC)c2)s1. The molecule has 2 amide bonds. The Morgan fingerprint density at radius 2 is 2.12 bits per heavy atom. The number of methoxy groups -OCH3 is 1. The lowest BCUT2D eigenvalue weighted by Gasteiger charge is -2.05. The molecule has 2 N–H and O–H groups in total. The third kappa shape index (κ3) is 5.31. The van der Waals surface area contributed by atoms with Crippen molar-refractivity contribution in [2.45, 2.75) is 26.2 Å². The van der Waals surface area contributed by atoms with Gasteiger partial charge in [0.05, 0.1) is 7.11 Å². The second kappa shape index (κ2) is 8.97. The predicted molar refractivity (Wildman–Crippen MR) is 92.5 cm³/mol. The molecule has 1 heterocycles. The van der Waals surface area contributed by atoms with Crippen LogP contribution in [-0.4, -0.2) is 35.7 Å². The van der Waals surface area contributed by atoms with Gasteiger partial charge in [-0.25, -0.2) is 0 Å². The average molecular weight is 348 g/mol. The fourth-order valence-corrected chi connectivity index (χ4v) is 2.72. The topological polar surface area (TPSA) is 93.2 Å². The minimum atomic E-state index is -0.171. The van der Waals surface area contributed by atoms with Gasteiger partial charge in [-0.15, -0.1) is 10.2 Å². The number of anilines is 1. The fraction of sp³-hybridized carbons (Fsp3) is 0.375. The van der Waals surface area contributed by atoms with Crippen LogP contribution < -0.4 is 15.4 Å². The van der Waals surface area contributed by atoms with Crippen LogP contribution in [0.3, 0.4) is 0 Å². The molecule has 7 nitrogen and oxygen atoms in total. The fourth-order valence-electron chi connectivity index (χ4n) is 1.96. The summed E-state index contributed by atoms with van der Waals surface area (Å²) < 4.78 is 5.10. The molecule has 1 aromatic carbocycles. The molecular weight excluding hydrogens is 328 g/mol. The maximum atomic E-state index is 12.1. The van der Waals surface area contributed by atoms with Crippen LogP contribution in [-0.2, 0) is 11.2 Å². The van der Waals surface area contributed by atoms with E-state index in [-0.39, 0.29) is 11.8 Å². The highest BCUT2D eigenvalue weighted by molar-refractivity contribution is 7.15. The zero-order valence-electron chi connectivity index (χ0n) is 13.7. The van der Waals surface area contributed by atoms with Gasteiger partial charge in [0, 0.05) is 24.9 Å². The number of carbonyl (C=O) groups excluding carboxylic acids is 2. The van der Waals surface area contributed by atoms with Gasteiger partial charge in [0.1, 0.15) is 10.8 Å². The molecule has 0 fully saturated rings. The van der Waals surface area contributed by atoms with E-state index in [1.54, 1.807) is 31.4 Å². The number of hydrogen-bond donors (Lipinski definition) is 2. The molecule has 0 saturated heterocycles. The van der Waals surface area contributed by atoms with Gasteiger partial charge >= 0.3 is 0 Å². The minimum Gasteiger partial charge on any atom is -0.497 e. The first-order chi connectivity index (χ1) is 11.6. The molecule has 0 aliphatic heterocycles. The molecule has 0 unspecified atom stereocenters. The third-order valence-corrected chi connectivity index (χ3v) is 4.05. The first-order valence-corrected chi connectivity index (χ1v) is 8.48. The van der Waals surface area contributed by atoms with Crippen molar-refractivity contribution in [2.75, 3.05) is 19.0 Å². The van der Waals surface area contributed by atoms with E-state index in [1.165, 1.54) is 11.3 Å². The van der Waals surface area contributed by atoms with Crippen LogP contribution in [0, 0.1) is 0 Å². The second-order valence-electron chi connectivity index (χ2n) is 5.04. The van der Waals surface area contributed by atoms with E-state index in [0.29, 0.717) is 35.8 Å². The van der Waals surface area contributed by atoms with Crippen LogP contribution in [0.4, 0.5) is 5.13 Å². The lowest BCUT2D eigenvalue weighted by atomic mass is 10.2. The molecule has 0 aliphatic rings. The van der Waals surface area contributed by atoms with E-state index < -0.39 is 0 Å². The van der Waals surface area contributed by atoms with Crippen molar-refractivity contribution < 1.29 is 14.3 Å². The molecule has 1 aromatic heterocycles. The second-order valence-corrected chi connectivity index (χ2v) is 6.10. The Bertz CT molecular complexity index is 702. The Morgan fingerprint density at radius 3 is 2.88 bits per heavy atom. The van der Waals surface area contributed by atoms with Crippen molar-refractivity contribution in [2.24, 2.45) is 0 Å². The molecule has 24 heavy (non-hydrogen) atoms. The maximum absolute atomic E-state index is 12.1. The van der Waals surface area contributed by atoms with E-state index in [0.717, 1.165) is 11.4 Å². The number of amides is 2. The Hall–Kier alpha value is -2.48. The molecule has 128 valence electrons. The Kier molecular flexibility index (Phi) is 6.68. The van der Waals surface area contributed by atoms with Crippen LogP contribution in [0.25, 0.3) is 0 Å². The van der Waals surface area contributed by atoms with Crippen molar-refractivity contribution >= 4 is 28.3 Å². The zero-order valence-corrected chi connectivity index (χ0v) is 14.5. The first-order valence-electron chi connectivity index (χ1n) is 7.67. The smallest absolute Gasteiger partial charge is 0.251 e. The number of ether oxygens (including phenoxy) is 1. The van der Waals surface area contributed by atoms with E-state index >= 15 is 0 Å². The molecule has 0 spiro atoms. The van der Waals surface area contributed by atoms with Gasteiger partial charge in [-0.1, -0.05) is 24.3 Å². The summed E-state index contributed by atoms with van der Waals surface area (Å²) >= 11 is 1.32. The third-order valence-electron chi connectivity index (χ3n) is 3.15. The van der Waals surface area contributed by atoms with E-state index in [9.17, 15) is 9.59 Å². The molecule has 0 radical (unpaired) electrons. The summed E-state index contributed by atoms with van der Waals surface area (Å²) in [6, 6.07) is 6.96. The van der Waals surface area contributed by atoms with E-state index in [4.69, 9.17) is 4.74 Å². The highest BCUT2D eigenvalue weighted by Crippen LogP contribution is 2.16. The van der Waals surface area contributed by atoms with Crippen molar-refractivity contribution in [3.05, 3.63) is 34.8 Å². The lowest BCUT2D eigenvalue weighted by molar-refractivity contribution is -0.116. The number of nitrogens with one attached hydrogen (secondary N) is 2. The quantitative estimate of drug-likeness (QED) is 0.763. The number of rotatable bonds is 8. The summed E-state index contributed by atoms with van der Waals surface area (Å²) in [7, 11) is 1.56. The Morgan fingerprint density at radius 1 is 1.29 bits per heavy atom. The van der Waals surface area contributed by atoms with Crippen molar-refractivity contribution in [3.8, 4) is 5.75 Å². The van der Waals surface area contributed by atoms with Crippen LogP contribution in [0.15, 0.2) is 24.3 Å². The molecule has 0 bridgehead atoms. The average Bonchev–Trinajstić information content (AvgIpc) is 3.02. The van der Waals surface area contributed by atoms with Crippen molar-refractivity contribution in [1.82, 2.24) is 15.5 Å². The Balaban J connectivity index is 1.80. The number of benzene rings is 1. The minimum absolute atomic E-state index is 0.0634. The van der Waals surface area contributed by atoms with Crippen molar-refractivity contribution in [3.63, 3.8) is 0 Å². The molecule has 0 aliphatic carbocycles. The summed E-state index contributed by atoms with van der Waals surface area (Å²) in [4.78, 5) is 23.6. The standard InChI is InChI=1S/C16H20N4O3S/c1-3-5-13(21)18-16-20-19-14(24-16)8-9-17-15(22)11-6-4-7-12(10-11)23-2/h4,6-7,10H,3,5,8-9H2,1-2H3,(H,17,22)(H,18,20,21). The molecule has 2 rings (SSSR count). The van der Waals surface area contributed by atoms with Crippen LogP contribution >= 0.6 is 11.3 Å². The number of carbonyl (C=O) groups is 2. The van der Waals surface area contributed by atoms with Crippen molar-refractivity contribution in [1.29, 1.82) is 0 Å². The molecule has 0 saturated carbocycles. The maximum Gasteiger partial charge on any atom is 0.251 e. The predicted octanol–water partition coefficient (Wildman–Crippen LogP) is 2.26. The van der Waals surface area contributed by atoms with Gasteiger partial charge in [-0.05, 0) is 24.6 Å². The van der Waals surface area contributed by atoms with Gasteiger partial charge < -0.3 is 15.4 Å². The van der Waals surface area contributed by atoms with Gasteiger partial charge in [0.2, 0.25) is 11.0 Å². The summed E-state index contributed by atoms with van der Waals surface area (Å²) in [5, 5.41) is 14.7. The van der Waals surface area contributed by atoms with Crippen LogP contribution in [0.5, 0.6) is 5.75 Å². The molecule has 8 heteroatoms. The van der Waals surface area contributed by atoms with Gasteiger partial charge in [0.25, 0.3) is 5.91 Å². The largest absolute Gasteiger partial charge is 0.497 e. The highest BCUT2D eigenvalue weighted by atomic mass is 32.1. The number of hydrogen-bond acceptors (Lipinski definition) is 6. The molecule has 0 atom stereocenters. The lowest BCUT2D eigenvalue weighted by Crippen LogP contribution is -2.25. The summed E-state index contributed by atoms with van der Waals surface area (Å²) in [6.07, 6.45) is 1.80. The van der Waals surface area contributed by atoms with E-state index in [2.05, 4.69) is 20.8 Å². The molecular formula is C16H20N4O3S. The van der Waals surface area contributed by atoms with Gasteiger partial charge in [-0.2, -0.15) is 0 Å². The summed E-state index contributed by atoms with van der Waals surface area (Å²) in [5.74, 6) is 0.403. The summed E-state index contributed by atoms with van der Waals surface area (Å²) in [5.41, 5.74) is 0.541. The first kappa shape index (κ1) is 17.9. The van der Waals surface area contributed by atoms with Gasteiger partial charge in [-0.3, -0.25) is 9.59 Å². The summed E-state index contributed by atoms with van der Waals surface area (Å²) in [6.45, 7) is 2.38. The molecule has 2 aromatic rings. The highest BCUT2D eigenvalue weighted by Gasteiger charge is 2.09. The monoisotopic (exact) mass is 348 g/mol. The Labute approximate surface area is 144 Å². The van der Waals surface area contributed by atoms with Crippen LogP contribution in [0.2, 0.25) is 0 Å². The van der Waals surface area contributed by atoms with Gasteiger partial charge in [0.15, 0.2) is 0 Å². The number of nitrogens with zero attached hydrogens (tertiary/aromatic N) is 2.